The first-order valence-corrected chi connectivity index (χ1v) is 9.22. The van der Waals surface area contributed by atoms with Crippen molar-refractivity contribution in [2.75, 3.05) is 53.9 Å². The maximum Gasteiger partial charge on any atom is 0.231 e. The van der Waals surface area contributed by atoms with Crippen LogP contribution in [0.1, 0.15) is 18.4 Å². The van der Waals surface area contributed by atoms with Crippen LogP contribution >= 0.6 is 24.0 Å². The summed E-state index contributed by atoms with van der Waals surface area (Å²) in [6.07, 6.45) is 2.07. The van der Waals surface area contributed by atoms with Gasteiger partial charge in [-0.25, -0.2) is 0 Å². The van der Waals surface area contributed by atoms with Crippen LogP contribution in [0.3, 0.4) is 0 Å². The van der Waals surface area contributed by atoms with Crippen LogP contribution in [0, 0.1) is 5.92 Å². The van der Waals surface area contributed by atoms with Gasteiger partial charge in [0, 0.05) is 46.3 Å². The Kier molecular flexibility index (Phi) is 9.43. The highest BCUT2D eigenvalue weighted by Gasteiger charge is 2.16. The summed E-state index contributed by atoms with van der Waals surface area (Å²) in [7, 11) is 3.82. The van der Waals surface area contributed by atoms with Crippen molar-refractivity contribution in [3.63, 3.8) is 0 Å². The van der Waals surface area contributed by atoms with Gasteiger partial charge in [0.15, 0.2) is 17.5 Å². The SMILES string of the molecule is CN=C(NCCCOCC1CCOC1)N(C)Cc1ccc2c(c1)OCO2.I. The minimum atomic E-state index is 0. The highest BCUT2D eigenvalue weighted by Crippen LogP contribution is 2.32. The third-order valence-corrected chi connectivity index (χ3v) is 4.56. The van der Waals surface area contributed by atoms with E-state index in [0.717, 1.165) is 75.4 Å². The predicted molar refractivity (Wildman–Crippen MR) is 115 cm³/mol. The van der Waals surface area contributed by atoms with Crippen molar-refractivity contribution in [1.82, 2.24) is 10.2 Å². The summed E-state index contributed by atoms with van der Waals surface area (Å²) >= 11 is 0. The van der Waals surface area contributed by atoms with Crippen LogP contribution in [0.5, 0.6) is 11.5 Å². The second-order valence-corrected chi connectivity index (χ2v) is 6.68. The van der Waals surface area contributed by atoms with Crippen molar-refractivity contribution in [1.29, 1.82) is 0 Å². The summed E-state index contributed by atoms with van der Waals surface area (Å²) < 4.78 is 21.9. The lowest BCUT2D eigenvalue weighted by molar-refractivity contribution is 0.0887. The Morgan fingerprint density at radius 2 is 2.19 bits per heavy atom. The molecule has 8 heteroatoms. The van der Waals surface area contributed by atoms with Crippen LogP contribution in [0.15, 0.2) is 23.2 Å². The molecule has 0 aliphatic carbocycles. The number of hydrogen-bond acceptors (Lipinski definition) is 5. The molecular formula is C19H30IN3O4. The van der Waals surface area contributed by atoms with E-state index < -0.39 is 0 Å². The normalized spacial score (nSPS) is 18.3. The Labute approximate surface area is 178 Å². The van der Waals surface area contributed by atoms with E-state index in [4.69, 9.17) is 18.9 Å². The topological polar surface area (TPSA) is 64.6 Å². The third-order valence-electron chi connectivity index (χ3n) is 4.56. The highest BCUT2D eigenvalue weighted by molar-refractivity contribution is 14.0. The van der Waals surface area contributed by atoms with Crippen molar-refractivity contribution in [3.05, 3.63) is 23.8 Å². The van der Waals surface area contributed by atoms with Crippen molar-refractivity contribution in [2.24, 2.45) is 10.9 Å². The Morgan fingerprint density at radius 1 is 1.33 bits per heavy atom. The van der Waals surface area contributed by atoms with E-state index in [-0.39, 0.29) is 24.0 Å². The molecule has 0 amide bonds. The second kappa shape index (κ2) is 11.6. The number of rotatable bonds is 8. The van der Waals surface area contributed by atoms with Gasteiger partial charge in [0.1, 0.15) is 0 Å². The fourth-order valence-electron chi connectivity index (χ4n) is 3.11. The fourth-order valence-corrected chi connectivity index (χ4v) is 3.11. The van der Waals surface area contributed by atoms with Gasteiger partial charge < -0.3 is 29.2 Å². The molecule has 0 radical (unpaired) electrons. The molecule has 3 rings (SSSR count). The Balaban J connectivity index is 0.00000261. The molecule has 2 aliphatic rings. The summed E-state index contributed by atoms with van der Waals surface area (Å²) in [5, 5.41) is 3.39. The number of halogens is 1. The van der Waals surface area contributed by atoms with Gasteiger partial charge in [-0.2, -0.15) is 0 Å². The van der Waals surface area contributed by atoms with Crippen molar-refractivity contribution in [2.45, 2.75) is 19.4 Å². The molecule has 1 aromatic rings. The minimum Gasteiger partial charge on any atom is -0.454 e. The molecule has 0 bridgehead atoms. The number of guanidine groups is 1. The molecule has 1 aromatic carbocycles. The quantitative estimate of drug-likeness (QED) is 0.261. The molecule has 1 fully saturated rings. The van der Waals surface area contributed by atoms with E-state index in [2.05, 4.69) is 21.3 Å². The molecule has 1 atom stereocenters. The molecule has 0 aromatic heterocycles. The van der Waals surface area contributed by atoms with Crippen LogP contribution in [-0.2, 0) is 16.0 Å². The molecule has 0 spiro atoms. The van der Waals surface area contributed by atoms with Gasteiger partial charge >= 0.3 is 0 Å². The first-order chi connectivity index (χ1) is 12.8. The van der Waals surface area contributed by atoms with Crippen LogP contribution < -0.4 is 14.8 Å². The van der Waals surface area contributed by atoms with Crippen molar-refractivity contribution >= 4 is 29.9 Å². The van der Waals surface area contributed by atoms with Crippen molar-refractivity contribution in [3.8, 4) is 11.5 Å². The van der Waals surface area contributed by atoms with E-state index in [9.17, 15) is 0 Å². The van der Waals surface area contributed by atoms with Crippen LogP contribution in [0.25, 0.3) is 0 Å². The standard InChI is InChI=1S/C19H29N3O4.HI/c1-20-19(21-7-3-8-23-12-16-6-9-24-13-16)22(2)11-15-4-5-17-18(10-15)26-14-25-17;/h4-5,10,16H,3,6-9,11-14H2,1-2H3,(H,20,21);1H. The number of ether oxygens (including phenoxy) is 4. The second-order valence-electron chi connectivity index (χ2n) is 6.68. The lowest BCUT2D eigenvalue weighted by Crippen LogP contribution is -2.39. The molecule has 2 heterocycles. The lowest BCUT2D eigenvalue weighted by atomic mass is 10.1. The fraction of sp³-hybridized carbons (Fsp3) is 0.632. The predicted octanol–water partition coefficient (Wildman–Crippen LogP) is 2.48. The van der Waals surface area contributed by atoms with Gasteiger partial charge in [-0.3, -0.25) is 4.99 Å². The molecule has 0 saturated carbocycles. The summed E-state index contributed by atoms with van der Waals surface area (Å²) in [5.74, 6) is 3.06. The number of benzene rings is 1. The van der Waals surface area contributed by atoms with Gasteiger partial charge in [-0.1, -0.05) is 6.07 Å². The molecule has 152 valence electrons. The van der Waals surface area contributed by atoms with Crippen LogP contribution in [0.2, 0.25) is 0 Å². The van der Waals surface area contributed by atoms with Gasteiger partial charge in [-0.05, 0) is 30.5 Å². The number of hydrogen-bond donors (Lipinski definition) is 1. The zero-order valence-corrected chi connectivity index (χ0v) is 18.4. The smallest absolute Gasteiger partial charge is 0.231 e. The lowest BCUT2D eigenvalue weighted by Gasteiger charge is -2.22. The minimum absolute atomic E-state index is 0. The number of fused-ring (bicyclic) bond motifs is 1. The van der Waals surface area contributed by atoms with E-state index >= 15 is 0 Å². The van der Waals surface area contributed by atoms with E-state index in [1.165, 1.54) is 0 Å². The first-order valence-electron chi connectivity index (χ1n) is 9.22. The zero-order chi connectivity index (χ0) is 18.2. The van der Waals surface area contributed by atoms with Crippen molar-refractivity contribution < 1.29 is 18.9 Å². The number of nitrogens with zero attached hydrogens (tertiary/aromatic N) is 2. The molecule has 7 nitrogen and oxygen atoms in total. The van der Waals surface area contributed by atoms with E-state index in [0.29, 0.717) is 12.7 Å². The molecule has 1 N–H and O–H groups in total. The maximum absolute atomic E-state index is 5.73. The van der Waals surface area contributed by atoms with Gasteiger partial charge in [0.2, 0.25) is 6.79 Å². The highest BCUT2D eigenvalue weighted by atomic mass is 127. The summed E-state index contributed by atoms with van der Waals surface area (Å²) in [4.78, 5) is 6.45. The molecule has 27 heavy (non-hydrogen) atoms. The van der Waals surface area contributed by atoms with Gasteiger partial charge in [-0.15, -0.1) is 24.0 Å². The molecule has 1 unspecified atom stereocenters. The Bertz CT molecular complexity index is 609. The average molecular weight is 491 g/mol. The average Bonchev–Trinajstić information content (AvgIpc) is 3.32. The largest absolute Gasteiger partial charge is 0.454 e. The summed E-state index contributed by atoms with van der Waals surface area (Å²) in [6.45, 7) is 5.16. The Hall–Kier alpha value is -1.26. The number of nitrogens with one attached hydrogen (secondary N) is 1. The van der Waals surface area contributed by atoms with Crippen LogP contribution in [0.4, 0.5) is 0 Å². The summed E-state index contributed by atoms with van der Waals surface area (Å²) in [6, 6.07) is 6.03. The van der Waals surface area contributed by atoms with Crippen LogP contribution in [-0.4, -0.2) is 64.7 Å². The zero-order valence-electron chi connectivity index (χ0n) is 16.1. The van der Waals surface area contributed by atoms with E-state index in [1.54, 1.807) is 7.05 Å². The third kappa shape index (κ3) is 6.69. The maximum atomic E-state index is 5.73. The van der Waals surface area contributed by atoms with Gasteiger partial charge in [0.05, 0.1) is 13.2 Å². The molecule has 1 saturated heterocycles. The molecular weight excluding hydrogens is 461 g/mol. The monoisotopic (exact) mass is 491 g/mol. The van der Waals surface area contributed by atoms with Gasteiger partial charge in [0.25, 0.3) is 0 Å². The summed E-state index contributed by atoms with van der Waals surface area (Å²) in [5.41, 5.74) is 1.15. The number of aliphatic imine (C=N–C) groups is 1. The first kappa shape index (κ1) is 22.0. The Morgan fingerprint density at radius 3 is 2.96 bits per heavy atom. The van der Waals surface area contributed by atoms with E-state index in [1.807, 2.05) is 19.2 Å². The molecule has 2 aliphatic heterocycles.